The van der Waals surface area contributed by atoms with Crippen LogP contribution in [0.5, 0.6) is 5.75 Å². The fourth-order valence-electron chi connectivity index (χ4n) is 1.63. The molecule has 0 aliphatic heterocycles. The van der Waals surface area contributed by atoms with Crippen LogP contribution in [0.3, 0.4) is 0 Å². The number of thiazole rings is 1. The summed E-state index contributed by atoms with van der Waals surface area (Å²) in [5, 5.41) is 2.91. The highest BCUT2D eigenvalue weighted by molar-refractivity contribution is 7.17. The number of aromatic nitrogens is 1. The Morgan fingerprint density at radius 3 is 2.77 bits per heavy atom. The molecule has 0 spiro atoms. The maximum absolute atomic E-state index is 12.3. The van der Waals surface area contributed by atoms with E-state index < -0.39 is 5.91 Å². The van der Waals surface area contributed by atoms with Crippen molar-refractivity contribution in [3.8, 4) is 5.75 Å². The summed E-state index contributed by atoms with van der Waals surface area (Å²) in [6, 6.07) is 6.84. The fourth-order valence-corrected chi connectivity index (χ4v) is 2.29. The molecule has 3 N–H and O–H groups in total. The van der Waals surface area contributed by atoms with Gasteiger partial charge in [0.1, 0.15) is 17.2 Å². The van der Waals surface area contributed by atoms with Gasteiger partial charge in [-0.05, 0) is 12.1 Å². The summed E-state index contributed by atoms with van der Waals surface area (Å²) in [7, 11) is 1.57. The molecule has 22 heavy (non-hydrogen) atoms. The monoisotopic (exact) mass is 321 g/mol. The van der Waals surface area contributed by atoms with Gasteiger partial charge < -0.3 is 15.2 Å². The van der Waals surface area contributed by atoms with E-state index in [2.05, 4.69) is 10.3 Å². The highest BCUT2D eigenvalue weighted by atomic mass is 32.1. The molecule has 0 fully saturated rings. The van der Waals surface area contributed by atoms with Gasteiger partial charge in [0.2, 0.25) is 0 Å². The van der Waals surface area contributed by atoms with Crippen LogP contribution in [-0.4, -0.2) is 37.1 Å². The zero-order valence-electron chi connectivity index (χ0n) is 11.9. The predicted molar refractivity (Wildman–Crippen MR) is 82.4 cm³/mol. The number of nitrogens with zero attached hydrogens (tertiary/aromatic N) is 1. The number of methoxy groups -OCH3 is 1. The number of hydrogen-bond donors (Lipinski definition) is 2. The van der Waals surface area contributed by atoms with Crippen molar-refractivity contribution in [2.45, 2.75) is 0 Å². The molecule has 7 nitrogen and oxygen atoms in total. The van der Waals surface area contributed by atoms with Gasteiger partial charge in [0.05, 0.1) is 18.4 Å². The normalized spacial score (nSPS) is 10.2. The van der Waals surface area contributed by atoms with E-state index in [0.29, 0.717) is 29.7 Å². The lowest BCUT2D eigenvalue weighted by Gasteiger charge is -2.10. The average Bonchev–Trinajstić information content (AvgIpc) is 2.97. The smallest absolute Gasteiger partial charge is 0.261 e. The summed E-state index contributed by atoms with van der Waals surface area (Å²) in [6.07, 6.45) is 1.32. The molecule has 1 heterocycles. The minimum absolute atomic E-state index is 0.278. The second-order valence-electron chi connectivity index (χ2n) is 4.19. The quantitative estimate of drug-likeness (QED) is 0.753. The maximum atomic E-state index is 12.3. The fraction of sp³-hybridized carbons (Fsp3) is 0.214. The maximum Gasteiger partial charge on any atom is 0.261 e. The Bertz CT molecular complexity index is 672. The Morgan fingerprint density at radius 2 is 2.09 bits per heavy atom. The summed E-state index contributed by atoms with van der Waals surface area (Å²) in [4.78, 5) is 27.5. The number of amides is 2. The second-order valence-corrected chi connectivity index (χ2v) is 5.22. The van der Waals surface area contributed by atoms with Crippen molar-refractivity contribution in [3.05, 3.63) is 40.9 Å². The zero-order valence-corrected chi connectivity index (χ0v) is 12.7. The standard InChI is InChI=1S/C14H15N3O4S/c1-20-6-7-21-10-5-3-2-4-9(10)13(19)17-14-16-8-11(22-14)12(15)18/h2-5,8H,6-7H2,1H3,(H2,15,18)(H,16,17,19). The van der Waals surface area contributed by atoms with Crippen LogP contribution in [0, 0.1) is 0 Å². The van der Waals surface area contributed by atoms with Gasteiger partial charge >= 0.3 is 0 Å². The number of carbonyl (C=O) groups is 2. The molecular weight excluding hydrogens is 306 g/mol. The molecule has 0 bridgehead atoms. The van der Waals surface area contributed by atoms with E-state index in [9.17, 15) is 9.59 Å². The number of rotatable bonds is 7. The second kappa shape index (κ2) is 7.53. The first-order chi connectivity index (χ1) is 10.6. The van der Waals surface area contributed by atoms with Crippen molar-refractivity contribution in [1.82, 2.24) is 4.98 Å². The molecule has 0 saturated heterocycles. The average molecular weight is 321 g/mol. The largest absolute Gasteiger partial charge is 0.490 e. The lowest BCUT2D eigenvalue weighted by molar-refractivity contribution is 0.0999. The van der Waals surface area contributed by atoms with Gasteiger partial charge in [0.25, 0.3) is 11.8 Å². The van der Waals surface area contributed by atoms with Crippen molar-refractivity contribution in [3.63, 3.8) is 0 Å². The number of primary amides is 1. The van der Waals surface area contributed by atoms with Crippen molar-refractivity contribution >= 4 is 28.3 Å². The van der Waals surface area contributed by atoms with E-state index >= 15 is 0 Å². The molecule has 0 saturated carbocycles. The summed E-state index contributed by atoms with van der Waals surface area (Å²) < 4.78 is 10.4. The van der Waals surface area contributed by atoms with Crippen molar-refractivity contribution < 1.29 is 19.1 Å². The molecule has 0 aliphatic rings. The van der Waals surface area contributed by atoms with Crippen LogP contribution in [0.2, 0.25) is 0 Å². The molecule has 0 atom stereocenters. The van der Waals surface area contributed by atoms with Crippen LogP contribution in [0.4, 0.5) is 5.13 Å². The molecule has 1 aromatic heterocycles. The number of nitrogens with two attached hydrogens (primary N) is 1. The number of anilines is 1. The summed E-state index contributed by atoms with van der Waals surface area (Å²) in [6.45, 7) is 0.758. The molecule has 116 valence electrons. The lowest BCUT2D eigenvalue weighted by Crippen LogP contribution is -2.14. The van der Waals surface area contributed by atoms with Crippen LogP contribution >= 0.6 is 11.3 Å². The third-order valence-corrected chi connectivity index (χ3v) is 3.57. The first-order valence-electron chi connectivity index (χ1n) is 6.39. The number of ether oxygens (including phenoxy) is 2. The number of benzene rings is 1. The Morgan fingerprint density at radius 1 is 1.32 bits per heavy atom. The van der Waals surface area contributed by atoms with Gasteiger partial charge in [-0.25, -0.2) is 4.98 Å². The van der Waals surface area contributed by atoms with E-state index in [1.807, 2.05) is 0 Å². The predicted octanol–water partition coefficient (Wildman–Crippen LogP) is 1.52. The van der Waals surface area contributed by atoms with E-state index in [1.165, 1.54) is 6.20 Å². The number of para-hydroxylation sites is 1. The number of carbonyl (C=O) groups excluding carboxylic acids is 2. The molecular formula is C14H15N3O4S. The zero-order chi connectivity index (χ0) is 15.9. The van der Waals surface area contributed by atoms with Crippen LogP contribution in [0.25, 0.3) is 0 Å². The van der Waals surface area contributed by atoms with Crippen molar-refractivity contribution in [2.24, 2.45) is 5.73 Å². The molecule has 2 amide bonds. The molecule has 1 aromatic carbocycles. The Hall–Kier alpha value is -2.45. The van der Waals surface area contributed by atoms with Crippen LogP contribution < -0.4 is 15.8 Å². The topological polar surface area (TPSA) is 104 Å². The van der Waals surface area contributed by atoms with Crippen LogP contribution in [0.15, 0.2) is 30.5 Å². The van der Waals surface area contributed by atoms with Gasteiger partial charge in [-0.15, -0.1) is 0 Å². The van der Waals surface area contributed by atoms with E-state index in [1.54, 1.807) is 31.4 Å². The third-order valence-electron chi connectivity index (χ3n) is 2.65. The summed E-state index contributed by atoms with van der Waals surface area (Å²) >= 11 is 1.01. The van der Waals surface area contributed by atoms with Crippen LogP contribution in [-0.2, 0) is 4.74 Å². The molecule has 0 unspecified atom stereocenters. The van der Waals surface area contributed by atoms with E-state index in [0.717, 1.165) is 11.3 Å². The Balaban J connectivity index is 2.09. The van der Waals surface area contributed by atoms with Gasteiger partial charge in [0.15, 0.2) is 5.13 Å². The van der Waals surface area contributed by atoms with Gasteiger partial charge in [-0.1, -0.05) is 23.5 Å². The molecule has 0 radical (unpaired) electrons. The molecule has 2 aromatic rings. The minimum Gasteiger partial charge on any atom is -0.490 e. The van der Waals surface area contributed by atoms with E-state index in [4.69, 9.17) is 15.2 Å². The summed E-state index contributed by atoms with van der Waals surface area (Å²) in [5.41, 5.74) is 5.52. The van der Waals surface area contributed by atoms with E-state index in [-0.39, 0.29) is 10.8 Å². The van der Waals surface area contributed by atoms with Crippen molar-refractivity contribution in [1.29, 1.82) is 0 Å². The summed E-state index contributed by atoms with van der Waals surface area (Å²) in [5.74, 6) is -0.511. The highest BCUT2D eigenvalue weighted by Crippen LogP contribution is 2.22. The first-order valence-corrected chi connectivity index (χ1v) is 7.21. The van der Waals surface area contributed by atoms with Gasteiger partial charge in [-0.2, -0.15) is 0 Å². The van der Waals surface area contributed by atoms with Crippen LogP contribution in [0.1, 0.15) is 20.0 Å². The number of hydrogen-bond acceptors (Lipinski definition) is 6. The first kappa shape index (κ1) is 15.9. The van der Waals surface area contributed by atoms with Gasteiger partial charge in [-0.3, -0.25) is 14.9 Å². The Labute approximate surface area is 131 Å². The third kappa shape index (κ3) is 4.03. The van der Waals surface area contributed by atoms with Gasteiger partial charge in [0, 0.05) is 7.11 Å². The van der Waals surface area contributed by atoms with Crippen molar-refractivity contribution in [2.75, 3.05) is 25.6 Å². The molecule has 2 rings (SSSR count). The number of nitrogens with one attached hydrogen (secondary N) is 1. The minimum atomic E-state index is -0.582. The molecule has 8 heteroatoms. The molecule has 0 aliphatic carbocycles. The lowest BCUT2D eigenvalue weighted by atomic mass is 10.2. The SMILES string of the molecule is COCCOc1ccccc1C(=O)Nc1ncc(C(N)=O)s1. The highest BCUT2D eigenvalue weighted by Gasteiger charge is 2.15. The Kier molecular flexibility index (Phi) is 5.45.